The number of thioether (sulfide) groups is 1. The Balaban J connectivity index is 1.31. The number of hydrogen-bond acceptors (Lipinski definition) is 4. The molecule has 1 saturated carbocycles. The van der Waals surface area contributed by atoms with Gasteiger partial charge in [0.05, 0.1) is 5.03 Å². The van der Waals surface area contributed by atoms with E-state index >= 15 is 0 Å². The molecule has 1 aliphatic heterocycles. The van der Waals surface area contributed by atoms with E-state index < -0.39 is 0 Å². The fourth-order valence-electron chi connectivity index (χ4n) is 3.77. The molecule has 0 N–H and O–H groups in total. The molecule has 5 nitrogen and oxygen atoms in total. The van der Waals surface area contributed by atoms with Gasteiger partial charge >= 0.3 is 0 Å². The molecule has 2 aromatic rings. The lowest BCUT2D eigenvalue weighted by Crippen LogP contribution is -2.41. The maximum Gasteiger partial charge on any atom is 0.253 e. The third-order valence-corrected chi connectivity index (χ3v) is 6.79. The van der Waals surface area contributed by atoms with Crippen molar-refractivity contribution in [3.8, 4) is 0 Å². The Morgan fingerprint density at radius 2 is 1.69 bits per heavy atom. The van der Waals surface area contributed by atoms with Gasteiger partial charge in [0.1, 0.15) is 0 Å². The number of hydrogen-bond donors (Lipinski definition) is 0. The zero-order chi connectivity index (χ0) is 20.1. The van der Waals surface area contributed by atoms with Crippen molar-refractivity contribution in [2.45, 2.75) is 36.5 Å². The standard InChI is InChI=1S/C23H27N3O2S/c27-22(19-5-3-6-19)25-13-4-14-26(16-15-25)23(28)20-10-8-18(9-11-20)17-29-21-7-1-2-12-24-21/h1-2,7-12,19H,3-6,13-17H2. The first-order chi connectivity index (χ1) is 14.2. The maximum absolute atomic E-state index is 12.9. The molecule has 0 unspecified atom stereocenters. The summed E-state index contributed by atoms with van der Waals surface area (Å²) in [6, 6.07) is 13.8. The van der Waals surface area contributed by atoms with Crippen molar-refractivity contribution in [2.75, 3.05) is 26.2 Å². The van der Waals surface area contributed by atoms with Crippen LogP contribution in [0.25, 0.3) is 0 Å². The van der Waals surface area contributed by atoms with E-state index in [2.05, 4.69) is 4.98 Å². The fraction of sp³-hybridized carbons (Fsp3) is 0.435. The van der Waals surface area contributed by atoms with E-state index in [4.69, 9.17) is 0 Å². The average Bonchev–Trinajstić information content (AvgIpc) is 2.98. The minimum absolute atomic E-state index is 0.0619. The highest BCUT2D eigenvalue weighted by Gasteiger charge is 2.31. The van der Waals surface area contributed by atoms with Crippen molar-refractivity contribution in [3.63, 3.8) is 0 Å². The first kappa shape index (κ1) is 20.0. The predicted octanol–water partition coefficient (Wildman–Crippen LogP) is 3.85. The van der Waals surface area contributed by atoms with Gasteiger partial charge in [-0.3, -0.25) is 9.59 Å². The number of aromatic nitrogens is 1. The Hall–Kier alpha value is -2.34. The molecule has 0 spiro atoms. The van der Waals surface area contributed by atoms with Gasteiger partial charge in [0.25, 0.3) is 5.91 Å². The minimum atomic E-state index is 0.0619. The molecule has 1 aromatic carbocycles. The van der Waals surface area contributed by atoms with E-state index in [1.807, 2.05) is 52.3 Å². The molecule has 1 aliphatic carbocycles. The van der Waals surface area contributed by atoms with E-state index in [-0.39, 0.29) is 11.8 Å². The maximum atomic E-state index is 12.9. The highest BCUT2D eigenvalue weighted by molar-refractivity contribution is 7.98. The molecule has 0 radical (unpaired) electrons. The van der Waals surface area contributed by atoms with E-state index in [1.54, 1.807) is 18.0 Å². The van der Waals surface area contributed by atoms with E-state index in [1.165, 1.54) is 12.0 Å². The number of carbonyl (C=O) groups is 2. The third kappa shape index (κ3) is 4.99. The molecule has 152 valence electrons. The molecule has 29 heavy (non-hydrogen) atoms. The zero-order valence-electron chi connectivity index (χ0n) is 16.6. The summed E-state index contributed by atoms with van der Waals surface area (Å²) in [5, 5.41) is 0.998. The normalized spacial score (nSPS) is 17.5. The van der Waals surface area contributed by atoms with Crippen LogP contribution in [0.5, 0.6) is 0 Å². The number of benzene rings is 1. The van der Waals surface area contributed by atoms with Crippen molar-refractivity contribution in [3.05, 3.63) is 59.8 Å². The van der Waals surface area contributed by atoms with Crippen LogP contribution < -0.4 is 0 Å². The molecule has 6 heteroatoms. The minimum Gasteiger partial charge on any atom is -0.341 e. The Morgan fingerprint density at radius 3 is 2.38 bits per heavy atom. The number of amides is 2. The molecule has 1 saturated heterocycles. The van der Waals surface area contributed by atoms with Crippen LogP contribution in [0.1, 0.15) is 41.6 Å². The van der Waals surface area contributed by atoms with Crippen LogP contribution in [-0.2, 0) is 10.5 Å². The van der Waals surface area contributed by atoms with Crippen LogP contribution in [-0.4, -0.2) is 52.8 Å². The summed E-state index contributed by atoms with van der Waals surface area (Å²) in [5.74, 6) is 1.41. The monoisotopic (exact) mass is 409 g/mol. The summed E-state index contributed by atoms with van der Waals surface area (Å²) in [5.41, 5.74) is 1.89. The topological polar surface area (TPSA) is 53.5 Å². The first-order valence-corrected chi connectivity index (χ1v) is 11.4. The van der Waals surface area contributed by atoms with Gasteiger partial charge in [0.2, 0.25) is 5.91 Å². The molecule has 1 aromatic heterocycles. The van der Waals surface area contributed by atoms with Crippen molar-refractivity contribution in [1.29, 1.82) is 0 Å². The fourth-order valence-corrected chi connectivity index (χ4v) is 4.59. The Bertz CT molecular complexity index is 837. The zero-order valence-corrected chi connectivity index (χ0v) is 17.4. The van der Waals surface area contributed by atoms with Crippen molar-refractivity contribution >= 4 is 23.6 Å². The highest BCUT2D eigenvalue weighted by Crippen LogP contribution is 2.28. The quantitative estimate of drug-likeness (QED) is 0.704. The van der Waals surface area contributed by atoms with Gasteiger partial charge in [-0.05, 0) is 49.1 Å². The van der Waals surface area contributed by atoms with Gasteiger partial charge in [-0.1, -0.05) is 24.6 Å². The van der Waals surface area contributed by atoms with E-state index in [9.17, 15) is 9.59 Å². The van der Waals surface area contributed by atoms with Crippen LogP contribution >= 0.6 is 11.8 Å². The van der Waals surface area contributed by atoms with Gasteiger partial charge in [0, 0.05) is 49.6 Å². The second-order valence-corrected chi connectivity index (χ2v) is 8.75. The van der Waals surface area contributed by atoms with E-state index in [0.29, 0.717) is 25.5 Å². The molecule has 2 aliphatic rings. The van der Waals surface area contributed by atoms with Crippen LogP contribution in [0.2, 0.25) is 0 Å². The van der Waals surface area contributed by atoms with Crippen molar-refractivity contribution in [2.24, 2.45) is 5.92 Å². The van der Waals surface area contributed by atoms with Crippen LogP contribution in [0, 0.1) is 5.92 Å². The highest BCUT2D eigenvalue weighted by atomic mass is 32.2. The largest absolute Gasteiger partial charge is 0.341 e. The average molecular weight is 410 g/mol. The van der Waals surface area contributed by atoms with Gasteiger partial charge in [-0.15, -0.1) is 11.8 Å². The Morgan fingerprint density at radius 1 is 0.931 bits per heavy atom. The Labute approximate surface area is 176 Å². The number of pyridine rings is 1. The van der Waals surface area contributed by atoms with Crippen LogP contribution in [0.15, 0.2) is 53.7 Å². The molecule has 2 heterocycles. The molecule has 2 amide bonds. The lowest BCUT2D eigenvalue weighted by molar-refractivity contribution is -0.138. The second kappa shape index (κ2) is 9.44. The summed E-state index contributed by atoms with van der Waals surface area (Å²) in [4.78, 5) is 33.6. The summed E-state index contributed by atoms with van der Waals surface area (Å²) >= 11 is 1.69. The predicted molar refractivity (Wildman–Crippen MR) is 115 cm³/mol. The number of rotatable bonds is 5. The lowest BCUT2D eigenvalue weighted by atomic mass is 9.84. The number of carbonyl (C=O) groups excluding carboxylic acids is 2. The van der Waals surface area contributed by atoms with Crippen LogP contribution in [0.3, 0.4) is 0 Å². The van der Waals surface area contributed by atoms with Crippen molar-refractivity contribution in [1.82, 2.24) is 14.8 Å². The third-order valence-electron chi connectivity index (χ3n) is 5.77. The van der Waals surface area contributed by atoms with Crippen molar-refractivity contribution < 1.29 is 9.59 Å². The molecular weight excluding hydrogens is 382 g/mol. The van der Waals surface area contributed by atoms with Crippen LogP contribution in [0.4, 0.5) is 0 Å². The van der Waals surface area contributed by atoms with Gasteiger partial charge in [-0.25, -0.2) is 4.98 Å². The Kier molecular flexibility index (Phi) is 6.49. The summed E-state index contributed by atoms with van der Waals surface area (Å²) in [6.45, 7) is 2.75. The SMILES string of the molecule is O=C(c1ccc(CSc2ccccn2)cc1)N1CCCN(C(=O)C2CCC2)CC1. The second-order valence-electron chi connectivity index (χ2n) is 7.75. The molecular formula is C23H27N3O2S. The van der Waals surface area contributed by atoms with Gasteiger partial charge in [-0.2, -0.15) is 0 Å². The summed E-state index contributed by atoms with van der Waals surface area (Å²) < 4.78 is 0. The molecule has 4 rings (SSSR count). The van der Waals surface area contributed by atoms with E-state index in [0.717, 1.165) is 42.1 Å². The number of nitrogens with zero attached hydrogens (tertiary/aromatic N) is 3. The van der Waals surface area contributed by atoms with Gasteiger partial charge < -0.3 is 9.80 Å². The molecule has 0 atom stereocenters. The molecule has 0 bridgehead atoms. The lowest BCUT2D eigenvalue weighted by Gasteiger charge is -2.31. The summed E-state index contributed by atoms with van der Waals surface area (Å²) in [7, 11) is 0. The molecule has 2 fully saturated rings. The van der Waals surface area contributed by atoms with Gasteiger partial charge in [0.15, 0.2) is 0 Å². The first-order valence-electron chi connectivity index (χ1n) is 10.4. The summed E-state index contributed by atoms with van der Waals surface area (Å²) in [6.07, 6.45) is 5.88. The smallest absolute Gasteiger partial charge is 0.253 e.